The minimum Gasteiger partial charge on any atom is -0.494 e. The Balaban J connectivity index is 1.19. The Morgan fingerprint density at radius 1 is 0.577 bits per heavy atom. The Labute approximate surface area is 404 Å². The monoisotopic (exact) mass is 983 g/mol. The van der Waals surface area contributed by atoms with E-state index in [2.05, 4.69) is 5.32 Å². The van der Waals surface area contributed by atoms with E-state index >= 15 is 8.78 Å². The molecule has 0 radical (unpaired) electrons. The van der Waals surface area contributed by atoms with Gasteiger partial charge in [0.1, 0.15) is 62.4 Å². The van der Waals surface area contributed by atoms with E-state index in [1.807, 2.05) is 6.92 Å². The first-order valence-electron chi connectivity index (χ1n) is 21.5. The summed E-state index contributed by atoms with van der Waals surface area (Å²) in [5.74, 6) is -5.77. The number of carbonyl (C=O) groups excluding carboxylic acids is 6. The number of hydrogen-bond donors (Lipinski definition) is 1. The molecule has 7 rings (SSSR count). The number of hydrogen-bond acceptors (Lipinski definition) is 18. The van der Waals surface area contributed by atoms with Crippen LogP contribution in [0, 0.1) is 18.6 Å². The van der Waals surface area contributed by atoms with Crippen LogP contribution in [0.5, 0.6) is 34.5 Å². The second-order valence-corrected chi connectivity index (χ2v) is 15.7. The lowest BCUT2D eigenvalue weighted by molar-refractivity contribution is -0.141. The topological polar surface area (TPSA) is 213 Å². The minimum atomic E-state index is -1.93. The third-order valence-electron chi connectivity index (χ3n) is 11.4. The quantitative estimate of drug-likeness (QED) is 0.0582. The molecule has 1 spiro atoms. The maximum Gasteiger partial charge on any atom is 0.340 e. The summed E-state index contributed by atoms with van der Waals surface area (Å²) in [4.78, 5) is 80.5. The van der Waals surface area contributed by atoms with Crippen LogP contribution < -0.4 is 38.8 Å². The number of carbonyl (C=O) groups is 6. The predicted octanol–water partition coefficient (Wildman–Crippen LogP) is 5.87. The Morgan fingerprint density at radius 3 is 1.54 bits per heavy atom. The van der Waals surface area contributed by atoms with Crippen LogP contribution in [0.3, 0.4) is 0 Å². The van der Waals surface area contributed by atoms with E-state index < -0.39 is 66.1 Å². The fraction of sp³-hybridized carbons (Fsp3) is 0.280. The zero-order valence-corrected chi connectivity index (χ0v) is 39.4. The highest BCUT2D eigenvalue weighted by Crippen LogP contribution is 2.58. The molecule has 71 heavy (non-hydrogen) atoms. The fourth-order valence-corrected chi connectivity index (χ4v) is 7.98. The summed E-state index contributed by atoms with van der Waals surface area (Å²) in [6.07, 6.45) is 0. The van der Waals surface area contributed by atoms with Crippen LogP contribution >= 0.6 is 0 Å². The zero-order valence-electron chi connectivity index (χ0n) is 39.4. The van der Waals surface area contributed by atoms with Gasteiger partial charge in [-0.15, -0.1) is 0 Å². The Morgan fingerprint density at radius 2 is 1.06 bits per heavy atom. The van der Waals surface area contributed by atoms with E-state index in [4.69, 9.17) is 47.4 Å². The molecule has 372 valence electrons. The molecular formula is C50H47F2N3O16. The zero-order chi connectivity index (χ0) is 51.1. The standard InChI is InChI=1S/C50H47F2N3O16/c1-27-8-12-36(54(23-44(56)64-4)24-45(57)65-5)42(16-27)68-14-15-69-43-18-29(10-13-37(43)55(25-46(58)66-6)26-47(59)67-7)53-48(60)28-9-11-31-30(17-28)49(61)71-50(31)32-19-34(51)40(62-2)21-38(32)70-39-22-41(63-3)35(52)20-33(39)50/h8-13,16-22H,14-15,23-26H2,1-7H3,(H,53,60). The number of benzene rings is 5. The Hall–Kier alpha value is -8.62. The summed E-state index contributed by atoms with van der Waals surface area (Å²) >= 11 is 0. The van der Waals surface area contributed by atoms with Gasteiger partial charge in [0.15, 0.2) is 28.7 Å². The first kappa shape index (κ1) is 50.3. The number of nitrogens with zero attached hydrogens (tertiary/aromatic N) is 2. The molecule has 21 heteroatoms. The molecule has 5 aromatic rings. The SMILES string of the molecule is COC(=O)CN(CC(=O)OC)c1ccc(C)cc1OCCOc1cc(NC(=O)c2ccc3c(c2)C(=O)OC32c3cc(F)c(OC)cc3Oc3cc(OC)c(F)cc32)ccc1N(CC(=O)OC)CC(=O)OC. The van der Waals surface area contributed by atoms with Gasteiger partial charge in [-0.05, 0) is 61.0 Å². The highest BCUT2D eigenvalue weighted by Gasteiger charge is 2.54. The summed E-state index contributed by atoms with van der Waals surface area (Å²) in [5, 5.41) is 2.77. The normalized spacial score (nSPS) is 12.4. The second kappa shape index (κ2) is 21.3. The van der Waals surface area contributed by atoms with Crippen LogP contribution in [0.25, 0.3) is 0 Å². The first-order chi connectivity index (χ1) is 34.1. The van der Waals surface area contributed by atoms with Gasteiger partial charge in [-0.25, -0.2) is 13.6 Å². The molecule has 0 aromatic heterocycles. The van der Waals surface area contributed by atoms with Gasteiger partial charge in [-0.3, -0.25) is 24.0 Å². The predicted molar refractivity (Wildman–Crippen MR) is 247 cm³/mol. The molecule has 0 unspecified atom stereocenters. The lowest BCUT2D eigenvalue weighted by Crippen LogP contribution is -2.36. The van der Waals surface area contributed by atoms with E-state index in [0.717, 1.165) is 17.7 Å². The average Bonchev–Trinajstić information content (AvgIpc) is 3.65. The fourth-order valence-electron chi connectivity index (χ4n) is 7.98. The summed E-state index contributed by atoms with van der Waals surface area (Å²) < 4.78 is 85.1. The number of amides is 1. The molecule has 0 fully saturated rings. The number of esters is 5. The first-order valence-corrected chi connectivity index (χ1v) is 21.5. The number of rotatable bonds is 19. The van der Waals surface area contributed by atoms with Crippen molar-refractivity contribution in [3.63, 3.8) is 0 Å². The maximum atomic E-state index is 15.4. The number of anilines is 3. The summed E-state index contributed by atoms with van der Waals surface area (Å²) in [7, 11) is 7.32. The minimum absolute atomic E-state index is 0.0209. The molecule has 1 N–H and O–H groups in total. The van der Waals surface area contributed by atoms with Gasteiger partial charge < -0.3 is 62.5 Å². The van der Waals surface area contributed by atoms with E-state index in [0.29, 0.717) is 5.69 Å². The van der Waals surface area contributed by atoms with Gasteiger partial charge in [0, 0.05) is 35.0 Å². The molecule has 2 aliphatic rings. The maximum absolute atomic E-state index is 15.4. The van der Waals surface area contributed by atoms with E-state index in [9.17, 15) is 28.8 Å². The largest absolute Gasteiger partial charge is 0.494 e. The molecule has 19 nitrogen and oxygen atoms in total. The van der Waals surface area contributed by atoms with Crippen molar-refractivity contribution in [1.82, 2.24) is 0 Å². The van der Waals surface area contributed by atoms with Crippen molar-refractivity contribution < 1.29 is 84.9 Å². The molecule has 0 aliphatic carbocycles. The van der Waals surface area contributed by atoms with Gasteiger partial charge in [0.05, 0.1) is 70.7 Å². The van der Waals surface area contributed by atoms with Crippen molar-refractivity contribution in [3.05, 3.63) is 124 Å². The third kappa shape index (κ3) is 10.4. The Bertz CT molecular complexity index is 2830. The van der Waals surface area contributed by atoms with Crippen molar-refractivity contribution in [1.29, 1.82) is 0 Å². The molecule has 5 aromatic carbocycles. The van der Waals surface area contributed by atoms with Crippen molar-refractivity contribution >= 4 is 52.8 Å². The third-order valence-corrected chi connectivity index (χ3v) is 11.4. The van der Waals surface area contributed by atoms with Crippen LogP contribution in [0.4, 0.5) is 25.8 Å². The molecule has 0 saturated heterocycles. The van der Waals surface area contributed by atoms with Crippen molar-refractivity contribution in [2.75, 3.05) is 97.2 Å². The number of halogens is 2. The van der Waals surface area contributed by atoms with Gasteiger partial charge in [-0.1, -0.05) is 12.1 Å². The summed E-state index contributed by atoms with van der Waals surface area (Å²) in [6, 6.07) is 18.3. The van der Waals surface area contributed by atoms with Gasteiger partial charge in [0.25, 0.3) is 5.91 Å². The second-order valence-electron chi connectivity index (χ2n) is 15.7. The van der Waals surface area contributed by atoms with Crippen LogP contribution in [-0.4, -0.2) is 118 Å². The number of nitrogens with one attached hydrogen (secondary N) is 1. The molecule has 0 atom stereocenters. The van der Waals surface area contributed by atoms with Crippen LogP contribution in [0.15, 0.2) is 78.9 Å². The Kier molecular flexibility index (Phi) is 15.1. The van der Waals surface area contributed by atoms with Gasteiger partial charge >= 0.3 is 29.8 Å². The van der Waals surface area contributed by atoms with Gasteiger partial charge in [-0.2, -0.15) is 0 Å². The summed E-state index contributed by atoms with van der Waals surface area (Å²) in [5.41, 5.74) is -0.271. The number of fused-ring (bicyclic) bond motifs is 6. The number of ether oxygens (including phenoxy) is 10. The molecular weight excluding hydrogens is 937 g/mol. The van der Waals surface area contributed by atoms with E-state index in [1.54, 1.807) is 18.2 Å². The van der Waals surface area contributed by atoms with Crippen molar-refractivity contribution in [2.24, 2.45) is 0 Å². The lowest BCUT2D eigenvalue weighted by atomic mass is 9.77. The van der Waals surface area contributed by atoms with Crippen LogP contribution in [-0.2, 0) is 48.5 Å². The number of methoxy groups -OCH3 is 6. The van der Waals surface area contributed by atoms with Crippen molar-refractivity contribution in [2.45, 2.75) is 12.5 Å². The van der Waals surface area contributed by atoms with Gasteiger partial charge in [0.2, 0.25) is 0 Å². The molecule has 2 heterocycles. The molecule has 0 saturated carbocycles. The van der Waals surface area contributed by atoms with Crippen molar-refractivity contribution in [3.8, 4) is 34.5 Å². The number of aryl methyl sites for hydroxylation is 1. The smallest absolute Gasteiger partial charge is 0.340 e. The lowest BCUT2D eigenvalue weighted by Gasteiger charge is -2.36. The average molecular weight is 984 g/mol. The summed E-state index contributed by atoms with van der Waals surface area (Å²) in [6.45, 7) is 0.0827. The van der Waals surface area contributed by atoms with Crippen LogP contribution in [0.1, 0.15) is 43.0 Å². The highest BCUT2D eigenvalue weighted by molar-refractivity contribution is 6.07. The van der Waals surface area contributed by atoms with E-state index in [-0.39, 0.29) is 100.0 Å². The molecule has 1 amide bonds. The molecule has 2 aliphatic heterocycles. The van der Waals surface area contributed by atoms with Crippen LogP contribution in [0.2, 0.25) is 0 Å². The highest BCUT2D eigenvalue weighted by atomic mass is 19.1. The van der Waals surface area contributed by atoms with E-state index in [1.165, 1.54) is 101 Å². The molecule has 0 bridgehead atoms.